The van der Waals surface area contributed by atoms with Crippen LogP contribution < -0.4 is 5.32 Å². The zero-order valence-corrected chi connectivity index (χ0v) is 17.4. The van der Waals surface area contributed by atoms with Gasteiger partial charge in [-0.3, -0.25) is 4.79 Å². The summed E-state index contributed by atoms with van der Waals surface area (Å²) in [5.74, 6) is -0.484. The highest BCUT2D eigenvalue weighted by Gasteiger charge is 2.17. The predicted octanol–water partition coefficient (Wildman–Crippen LogP) is 4.70. The molecule has 150 valence electrons. The van der Waals surface area contributed by atoms with E-state index in [1.54, 1.807) is 24.3 Å². The van der Waals surface area contributed by atoms with Gasteiger partial charge in [0.2, 0.25) is 5.91 Å². The van der Waals surface area contributed by atoms with Gasteiger partial charge in [0.25, 0.3) is 0 Å². The van der Waals surface area contributed by atoms with E-state index in [0.717, 1.165) is 22.3 Å². The van der Waals surface area contributed by atoms with E-state index in [9.17, 15) is 13.2 Å². The maximum Gasteiger partial charge on any atom is 0.221 e. The number of hydrogen-bond acceptors (Lipinski definition) is 3. The molecule has 0 aliphatic carbocycles. The van der Waals surface area contributed by atoms with Crippen molar-refractivity contribution in [2.75, 3.05) is 5.75 Å². The molecule has 5 heteroatoms. The van der Waals surface area contributed by atoms with Crippen LogP contribution in [0, 0.1) is 6.92 Å². The van der Waals surface area contributed by atoms with Crippen LogP contribution in [-0.4, -0.2) is 20.1 Å². The second-order valence-electron chi connectivity index (χ2n) is 7.16. The van der Waals surface area contributed by atoms with Crippen molar-refractivity contribution >= 4 is 15.7 Å². The minimum absolute atomic E-state index is 0.0668. The summed E-state index contributed by atoms with van der Waals surface area (Å²) < 4.78 is 24.8. The van der Waals surface area contributed by atoms with Gasteiger partial charge in [0.15, 0.2) is 9.84 Å². The van der Waals surface area contributed by atoms with Gasteiger partial charge >= 0.3 is 0 Å². The Morgan fingerprint density at radius 3 is 2.07 bits per heavy atom. The highest BCUT2D eigenvalue weighted by atomic mass is 32.2. The van der Waals surface area contributed by atoms with Crippen LogP contribution in [0.3, 0.4) is 0 Å². The van der Waals surface area contributed by atoms with E-state index in [-0.39, 0.29) is 29.0 Å². The van der Waals surface area contributed by atoms with Crippen molar-refractivity contribution in [3.8, 4) is 11.1 Å². The van der Waals surface area contributed by atoms with E-state index < -0.39 is 9.84 Å². The summed E-state index contributed by atoms with van der Waals surface area (Å²) in [6.45, 7) is 3.79. The number of benzene rings is 3. The number of nitrogens with one attached hydrogen (secondary N) is 1. The normalized spacial score (nSPS) is 12.3. The Bertz CT molecular complexity index is 1060. The van der Waals surface area contributed by atoms with Crippen molar-refractivity contribution in [2.45, 2.75) is 31.2 Å². The molecule has 3 rings (SSSR count). The van der Waals surface area contributed by atoms with Gasteiger partial charge in [-0.05, 0) is 42.7 Å². The summed E-state index contributed by atoms with van der Waals surface area (Å²) in [6, 6.07) is 24.6. The van der Waals surface area contributed by atoms with Crippen molar-refractivity contribution in [1.29, 1.82) is 0 Å². The van der Waals surface area contributed by atoms with Crippen LogP contribution in [0.1, 0.15) is 30.5 Å². The van der Waals surface area contributed by atoms with Gasteiger partial charge in [0.1, 0.15) is 0 Å². The van der Waals surface area contributed by atoms with Crippen molar-refractivity contribution < 1.29 is 13.2 Å². The first-order valence-corrected chi connectivity index (χ1v) is 11.2. The molecule has 0 saturated carbocycles. The van der Waals surface area contributed by atoms with Crippen LogP contribution in [0.15, 0.2) is 83.8 Å². The van der Waals surface area contributed by atoms with E-state index in [2.05, 4.69) is 17.4 Å². The van der Waals surface area contributed by atoms with Crippen LogP contribution in [0.4, 0.5) is 0 Å². The Hall–Kier alpha value is -2.92. The van der Waals surface area contributed by atoms with Crippen molar-refractivity contribution in [1.82, 2.24) is 5.32 Å². The van der Waals surface area contributed by atoms with Gasteiger partial charge in [-0.15, -0.1) is 0 Å². The van der Waals surface area contributed by atoms with E-state index in [1.807, 2.05) is 56.3 Å². The summed E-state index contributed by atoms with van der Waals surface area (Å²) in [7, 11) is -3.47. The highest BCUT2D eigenvalue weighted by molar-refractivity contribution is 7.91. The summed E-state index contributed by atoms with van der Waals surface area (Å²) >= 11 is 0. The molecular formula is C24H25NO3S. The summed E-state index contributed by atoms with van der Waals surface area (Å²) in [5, 5.41) is 2.89. The second kappa shape index (κ2) is 9.05. The van der Waals surface area contributed by atoms with E-state index in [1.165, 1.54) is 0 Å². The molecule has 0 fully saturated rings. The Morgan fingerprint density at radius 2 is 1.45 bits per heavy atom. The number of hydrogen-bond donors (Lipinski definition) is 1. The van der Waals surface area contributed by atoms with E-state index in [0.29, 0.717) is 0 Å². The van der Waals surface area contributed by atoms with Gasteiger partial charge in [-0.25, -0.2) is 8.42 Å². The van der Waals surface area contributed by atoms with Gasteiger partial charge in [-0.1, -0.05) is 72.3 Å². The topological polar surface area (TPSA) is 63.2 Å². The van der Waals surface area contributed by atoms with Crippen LogP contribution in [0.5, 0.6) is 0 Å². The first kappa shape index (κ1) is 20.8. The van der Waals surface area contributed by atoms with Crippen LogP contribution >= 0.6 is 0 Å². The maximum atomic E-state index is 12.4. The van der Waals surface area contributed by atoms with Gasteiger partial charge in [-0.2, -0.15) is 0 Å². The summed E-state index contributed by atoms with van der Waals surface area (Å²) in [4.78, 5) is 12.5. The number of sulfone groups is 1. The summed E-state index contributed by atoms with van der Waals surface area (Å²) in [6.07, 6.45) is -0.0668. The lowest BCUT2D eigenvalue weighted by Gasteiger charge is -2.15. The third-order valence-corrected chi connectivity index (χ3v) is 6.61. The molecule has 0 saturated heterocycles. The smallest absolute Gasteiger partial charge is 0.221 e. The SMILES string of the molecule is Cc1ccc(S(=O)(=O)CCC(=O)N[C@H](C)c2ccc(-c3ccccc3)cc2)cc1. The fourth-order valence-corrected chi connectivity index (χ4v) is 4.32. The third-order valence-electron chi connectivity index (χ3n) is 4.87. The number of aryl methyl sites for hydroxylation is 1. The molecule has 1 N–H and O–H groups in total. The average Bonchev–Trinajstić information content (AvgIpc) is 2.73. The first-order chi connectivity index (χ1) is 13.8. The molecule has 0 radical (unpaired) electrons. The zero-order chi connectivity index (χ0) is 20.9. The minimum Gasteiger partial charge on any atom is -0.350 e. The Morgan fingerprint density at radius 1 is 0.862 bits per heavy atom. The standard InChI is InChI=1S/C24H25NO3S/c1-18-8-14-23(15-9-18)29(27,28)17-16-24(26)25-19(2)20-10-12-22(13-11-20)21-6-4-3-5-7-21/h3-15,19H,16-17H2,1-2H3,(H,25,26)/t19-/m1/s1. The molecule has 0 spiro atoms. The molecule has 29 heavy (non-hydrogen) atoms. The minimum atomic E-state index is -3.47. The lowest BCUT2D eigenvalue weighted by atomic mass is 10.0. The molecule has 0 aliphatic heterocycles. The lowest BCUT2D eigenvalue weighted by molar-refractivity contribution is -0.121. The molecule has 0 heterocycles. The highest BCUT2D eigenvalue weighted by Crippen LogP contribution is 2.22. The molecule has 4 nitrogen and oxygen atoms in total. The first-order valence-electron chi connectivity index (χ1n) is 9.59. The number of carbonyl (C=O) groups excluding carboxylic acids is 1. The maximum absolute atomic E-state index is 12.4. The monoisotopic (exact) mass is 407 g/mol. The molecule has 3 aromatic carbocycles. The molecule has 0 aliphatic rings. The van der Waals surface area contributed by atoms with Crippen LogP contribution in [-0.2, 0) is 14.6 Å². The number of rotatable bonds is 7. The van der Waals surface area contributed by atoms with Gasteiger partial charge in [0.05, 0.1) is 16.7 Å². The van der Waals surface area contributed by atoms with E-state index >= 15 is 0 Å². The molecule has 0 unspecified atom stereocenters. The lowest BCUT2D eigenvalue weighted by Crippen LogP contribution is -2.28. The zero-order valence-electron chi connectivity index (χ0n) is 16.6. The molecule has 1 amide bonds. The fraction of sp³-hybridized carbons (Fsp3) is 0.208. The predicted molar refractivity (Wildman–Crippen MR) is 116 cm³/mol. The second-order valence-corrected chi connectivity index (χ2v) is 9.27. The molecule has 1 atom stereocenters. The molecular weight excluding hydrogens is 382 g/mol. The van der Waals surface area contributed by atoms with Crippen LogP contribution in [0.25, 0.3) is 11.1 Å². The Kier molecular flexibility index (Phi) is 6.49. The van der Waals surface area contributed by atoms with Crippen molar-refractivity contribution in [2.24, 2.45) is 0 Å². The average molecular weight is 408 g/mol. The van der Waals surface area contributed by atoms with Crippen LogP contribution in [0.2, 0.25) is 0 Å². The molecule has 3 aromatic rings. The van der Waals surface area contributed by atoms with Crippen molar-refractivity contribution in [3.63, 3.8) is 0 Å². The van der Waals surface area contributed by atoms with Gasteiger partial charge in [0, 0.05) is 6.42 Å². The van der Waals surface area contributed by atoms with Crippen molar-refractivity contribution in [3.05, 3.63) is 90.0 Å². The third kappa shape index (κ3) is 5.55. The Labute approximate surface area is 172 Å². The fourth-order valence-electron chi connectivity index (χ4n) is 3.08. The molecule has 0 aromatic heterocycles. The largest absolute Gasteiger partial charge is 0.350 e. The van der Waals surface area contributed by atoms with Gasteiger partial charge < -0.3 is 5.32 Å². The quantitative estimate of drug-likeness (QED) is 0.617. The Balaban J connectivity index is 1.57. The number of amides is 1. The van der Waals surface area contributed by atoms with E-state index in [4.69, 9.17) is 0 Å². The summed E-state index contributed by atoms with van der Waals surface area (Å²) in [5.41, 5.74) is 4.21. The molecule has 0 bridgehead atoms. The number of carbonyl (C=O) groups is 1.